The fraction of sp³-hybridized carbons (Fsp3) is 0.375. The van der Waals surface area contributed by atoms with Gasteiger partial charge < -0.3 is 5.32 Å². The molecule has 3 nitrogen and oxygen atoms in total. The maximum Gasteiger partial charge on any atom is 0.243 e. The first-order valence-corrected chi connectivity index (χ1v) is 9.26. The molecule has 1 atom stereocenters. The number of nitrogens with zero attached hydrogens (tertiary/aromatic N) is 1. The van der Waals surface area contributed by atoms with E-state index in [-0.39, 0.29) is 5.91 Å². The molecule has 1 aromatic carbocycles. The molecule has 3 rings (SSSR count). The third kappa shape index (κ3) is 4.29. The number of aromatic nitrogens is 1. The third-order valence-electron chi connectivity index (χ3n) is 3.72. The molecule has 1 N–H and O–H groups in total. The highest BCUT2D eigenvalue weighted by molar-refractivity contribution is 8.00. The van der Waals surface area contributed by atoms with E-state index in [2.05, 4.69) is 10.3 Å². The van der Waals surface area contributed by atoms with Gasteiger partial charge in [-0.15, -0.1) is 23.1 Å². The minimum Gasteiger partial charge on any atom is -0.301 e. The summed E-state index contributed by atoms with van der Waals surface area (Å²) >= 11 is 2.80. The van der Waals surface area contributed by atoms with Gasteiger partial charge in [0.05, 0.1) is 0 Å². The van der Waals surface area contributed by atoms with Crippen LogP contribution in [0, 0.1) is 11.6 Å². The van der Waals surface area contributed by atoms with Gasteiger partial charge in [-0.2, -0.15) is 0 Å². The van der Waals surface area contributed by atoms with E-state index >= 15 is 0 Å². The van der Waals surface area contributed by atoms with Crippen molar-refractivity contribution in [2.75, 3.05) is 5.32 Å². The van der Waals surface area contributed by atoms with Crippen LogP contribution in [-0.4, -0.2) is 16.1 Å². The predicted molar refractivity (Wildman–Crippen MR) is 89.7 cm³/mol. The minimum absolute atomic E-state index is 0.290. The second kappa shape index (κ2) is 7.40. The van der Waals surface area contributed by atoms with Gasteiger partial charge in [-0.3, -0.25) is 4.79 Å². The molecule has 1 heterocycles. The van der Waals surface area contributed by atoms with Crippen LogP contribution in [0.5, 0.6) is 0 Å². The van der Waals surface area contributed by atoms with Crippen LogP contribution in [0.2, 0.25) is 0 Å². The highest BCUT2D eigenvalue weighted by atomic mass is 32.2. The van der Waals surface area contributed by atoms with Crippen LogP contribution in [0.4, 0.5) is 13.9 Å². The molecule has 0 bridgehead atoms. The number of anilines is 1. The van der Waals surface area contributed by atoms with E-state index in [4.69, 9.17) is 0 Å². The van der Waals surface area contributed by atoms with Crippen LogP contribution in [0.25, 0.3) is 0 Å². The average Bonchev–Trinajstić information content (AvgIpc) is 3.16. The maximum atomic E-state index is 13.6. The molecule has 1 saturated carbocycles. The fourth-order valence-electron chi connectivity index (χ4n) is 2.69. The van der Waals surface area contributed by atoms with Crippen LogP contribution < -0.4 is 5.32 Å². The summed E-state index contributed by atoms with van der Waals surface area (Å²) in [5.41, 5.74) is 0.355. The topological polar surface area (TPSA) is 42.0 Å². The molecule has 1 aliphatic rings. The Morgan fingerprint density at radius 1 is 1.26 bits per heavy atom. The molecule has 122 valence electrons. The van der Waals surface area contributed by atoms with Gasteiger partial charge in [0.25, 0.3) is 0 Å². The van der Waals surface area contributed by atoms with Crippen molar-refractivity contribution in [3.63, 3.8) is 0 Å². The number of rotatable bonds is 5. The summed E-state index contributed by atoms with van der Waals surface area (Å²) in [6, 6.07) is 3.29. The van der Waals surface area contributed by atoms with Crippen LogP contribution in [0.1, 0.15) is 36.5 Å². The van der Waals surface area contributed by atoms with E-state index in [9.17, 15) is 13.6 Å². The summed E-state index contributed by atoms with van der Waals surface area (Å²) in [6.45, 7) is 0. The van der Waals surface area contributed by atoms with Gasteiger partial charge in [0.1, 0.15) is 16.9 Å². The molecule has 1 aliphatic carbocycles. The SMILES string of the molecule is O=C(Nc1nccs1)C(SC1CCCC1)c1cc(F)cc(F)c1. The predicted octanol–water partition coefficient (Wildman–Crippen LogP) is 4.78. The van der Waals surface area contributed by atoms with Gasteiger partial charge in [0.2, 0.25) is 5.91 Å². The molecule has 0 aliphatic heterocycles. The zero-order valence-electron chi connectivity index (χ0n) is 12.3. The van der Waals surface area contributed by atoms with E-state index in [0.717, 1.165) is 31.7 Å². The third-order valence-corrected chi connectivity index (χ3v) is 6.02. The Kier molecular flexibility index (Phi) is 5.27. The van der Waals surface area contributed by atoms with Crippen molar-refractivity contribution in [1.82, 2.24) is 4.98 Å². The molecule has 0 radical (unpaired) electrons. The second-order valence-corrected chi connectivity index (χ2v) is 7.76. The van der Waals surface area contributed by atoms with E-state index < -0.39 is 16.9 Å². The number of hydrogen-bond acceptors (Lipinski definition) is 4. The highest BCUT2D eigenvalue weighted by Gasteiger charge is 2.28. The lowest BCUT2D eigenvalue weighted by atomic mass is 10.1. The smallest absolute Gasteiger partial charge is 0.243 e. The Morgan fingerprint density at radius 3 is 2.57 bits per heavy atom. The van der Waals surface area contributed by atoms with Gasteiger partial charge in [-0.1, -0.05) is 12.8 Å². The quantitative estimate of drug-likeness (QED) is 0.840. The van der Waals surface area contributed by atoms with Crippen LogP contribution in [-0.2, 0) is 4.79 Å². The number of hydrogen-bond donors (Lipinski definition) is 1. The van der Waals surface area contributed by atoms with Gasteiger partial charge >= 0.3 is 0 Å². The number of benzene rings is 1. The van der Waals surface area contributed by atoms with Gasteiger partial charge in [-0.05, 0) is 30.5 Å². The van der Waals surface area contributed by atoms with Crippen molar-refractivity contribution in [1.29, 1.82) is 0 Å². The second-order valence-electron chi connectivity index (χ2n) is 5.45. The van der Waals surface area contributed by atoms with Gasteiger partial charge in [0.15, 0.2) is 5.13 Å². The van der Waals surface area contributed by atoms with Crippen molar-refractivity contribution in [2.24, 2.45) is 0 Å². The number of carbonyl (C=O) groups is 1. The molecule has 2 aromatic rings. The lowest BCUT2D eigenvalue weighted by molar-refractivity contribution is -0.115. The standard InChI is InChI=1S/C16H16F2N2OS2/c17-11-7-10(8-12(18)9-11)14(23-13-3-1-2-4-13)15(21)20-16-19-5-6-22-16/h5-9,13-14H,1-4H2,(H,19,20,21). The Morgan fingerprint density at radius 2 is 1.96 bits per heavy atom. The molecule has 0 spiro atoms. The Balaban J connectivity index is 1.83. The molecule has 1 fully saturated rings. The lowest BCUT2D eigenvalue weighted by Crippen LogP contribution is -2.21. The number of thiazole rings is 1. The summed E-state index contributed by atoms with van der Waals surface area (Å²) < 4.78 is 27.1. The summed E-state index contributed by atoms with van der Waals surface area (Å²) in [5, 5.41) is 4.68. The Labute approximate surface area is 141 Å². The normalized spacial score (nSPS) is 16.4. The number of halogens is 2. The number of nitrogens with one attached hydrogen (secondary N) is 1. The van der Waals surface area contributed by atoms with E-state index in [0.29, 0.717) is 15.9 Å². The lowest BCUT2D eigenvalue weighted by Gasteiger charge is -2.20. The fourth-order valence-corrected chi connectivity index (χ4v) is 4.69. The molecule has 1 unspecified atom stereocenters. The number of thioether (sulfide) groups is 1. The molecule has 1 aromatic heterocycles. The van der Waals surface area contributed by atoms with Crippen molar-refractivity contribution >= 4 is 34.1 Å². The Bertz CT molecular complexity index is 652. The van der Waals surface area contributed by atoms with Gasteiger partial charge in [-0.25, -0.2) is 13.8 Å². The number of amides is 1. The summed E-state index contributed by atoms with van der Waals surface area (Å²) in [7, 11) is 0. The minimum atomic E-state index is -0.668. The van der Waals surface area contributed by atoms with Gasteiger partial charge in [0, 0.05) is 22.9 Å². The summed E-state index contributed by atoms with van der Waals surface area (Å²) in [4.78, 5) is 16.6. The van der Waals surface area contributed by atoms with E-state index in [1.54, 1.807) is 11.6 Å². The molecular formula is C16H16F2N2OS2. The molecule has 1 amide bonds. The molecule has 7 heteroatoms. The van der Waals surface area contributed by atoms with Crippen LogP contribution in [0.3, 0.4) is 0 Å². The maximum absolute atomic E-state index is 13.6. The number of carbonyl (C=O) groups excluding carboxylic acids is 1. The zero-order valence-corrected chi connectivity index (χ0v) is 13.9. The van der Waals surface area contributed by atoms with Crippen LogP contribution in [0.15, 0.2) is 29.8 Å². The first-order valence-electron chi connectivity index (χ1n) is 7.43. The van der Waals surface area contributed by atoms with Crippen LogP contribution >= 0.6 is 23.1 Å². The van der Waals surface area contributed by atoms with Crippen molar-refractivity contribution in [3.8, 4) is 0 Å². The molecular weight excluding hydrogens is 338 g/mol. The van der Waals surface area contributed by atoms with Crippen molar-refractivity contribution in [3.05, 3.63) is 47.0 Å². The largest absolute Gasteiger partial charge is 0.301 e. The Hall–Kier alpha value is -1.47. The molecule has 0 saturated heterocycles. The highest BCUT2D eigenvalue weighted by Crippen LogP contribution is 2.40. The summed E-state index contributed by atoms with van der Waals surface area (Å²) in [5.74, 6) is -1.63. The van der Waals surface area contributed by atoms with E-state index in [1.807, 2.05) is 0 Å². The van der Waals surface area contributed by atoms with Crippen molar-refractivity contribution in [2.45, 2.75) is 36.2 Å². The van der Waals surface area contributed by atoms with E-state index in [1.165, 1.54) is 35.2 Å². The first kappa shape index (κ1) is 16.4. The average molecular weight is 354 g/mol. The zero-order chi connectivity index (χ0) is 16.2. The first-order chi connectivity index (χ1) is 11.1. The summed E-state index contributed by atoms with van der Waals surface area (Å²) in [6.07, 6.45) is 5.93. The molecule has 23 heavy (non-hydrogen) atoms. The van der Waals surface area contributed by atoms with Crippen molar-refractivity contribution < 1.29 is 13.6 Å². The monoisotopic (exact) mass is 354 g/mol.